The van der Waals surface area contributed by atoms with Gasteiger partial charge in [0.25, 0.3) is 0 Å². The van der Waals surface area contributed by atoms with E-state index < -0.39 is 5.60 Å². The van der Waals surface area contributed by atoms with Gasteiger partial charge in [0, 0.05) is 25.6 Å². The molecule has 3 atom stereocenters. The fourth-order valence-corrected chi connectivity index (χ4v) is 2.72. The highest BCUT2D eigenvalue weighted by Crippen LogP contribution is 2.28. The normalized spacial score (nSPS) is 32.4. The van der Waals surface area contributed by atoms with E-state index in [4.69, 9.17) is 9.47 Å². The maximum absolute atomic E-state index is 12.0. The molecule has 0 saturated carbocycles. The van der Waals surface area contributed by atoms with Gasteiger partial charge in [-0.1, -0.05) is 0 Å². The van der Waals surface area contributed by atoms with Crippen LogP contribution in [0, 0.1) is 5.92 Å². The summed E-state index contributed by atoms with van der Waals surface area (Å²) in [5.74, 6) is 0.322. The van der Waals surface area contributed by atoms with Gasteiger partial charge < -0.3 is 19.5 Å². The highest BCUT2D eigenvalue weighted by molar-refractivity contribution is 5.68. The van der Waals surface area contributed by atoms with Crippen LogP contribution in [-0.2, 0) is 9.47 Å². The van der Waals surface area contributed by atoms with Gasteiger partial charge in [0.1, 0.15) is 5.60 Å². The molecule has 0 spiro atoms. The van der Waals surface area contributed by atoms with Gasteiger partial charge in [-0.2, -0.15) is 0 Å². The standard InChI is InChI=1S/C14H25NO4/c1-14(2,3)19-13(17)15-6-4-10(9-15)12-8-11(16)5-7-18-12/h10-12,16H,4-9H2,1-3H3/t10-,11-,12+/m0/s1. The first-order chi connectivity index (χ1) is 8.85. The number of carbonyl (C=O) groups is 1. The fourth-order valence-electron chi connectivity index (χ4n) is 2.72. The van der Waals surface area contributed by atoms with Gasteiger partial charge >= 0.3 is 6.09 Å². The Morgan fingerprint density at radius 3 is 2.74 bits per heavy atom. The Bertz CT molecular complexity index is 326. The summed E-state index contributed by atoms with van der Waals surface area (Å²) in [4.78, 5) is 13.7. The SMILES string of the molecule is CC(C)(C)OC(=O)N1CC[C@H]([C@H]2C[C@@H](O)CCO2)C1. The lowest BCUT2D eigenvalue weighted by atomic mass is 9.93. The van der Waals surface area contributed by atoms with Crippen molar-refractivity contribution in [2.24, 2.45) is 5.92 Å². The quantitative estimate of drug-likeness (QED) is 0.790. The second-order valence-corrected chi connectivity index (χ2v) is 6.56. The van der Waals surface area contributed by atoms with Crippen LogP contribution in [0.1, 0.15) is 40.0 Å². The van der Waals surface area contributed by atoms with E-state index in [9.17, 15) is 9.90 Å². The van der Waals surface area contributed by atoms with Crippen molar-refractivity contribution in [3.8, 4) is 0 Å². The van der Waals surface area contributed by atoms with E-state index in [0.29, 0.717) is 25.5 Å². The number of hydrogen-bond donors (Lipinski definition) is 1. The van der Waals surface area contributed by atoms with E-state index in [1.54, 1.807) is 4.90 Å². The summed E-state index contributed by atoms with van der Waals surface area (Å²) < 4.78 is 11.1. The molecule has 0 aromatic rings. The van der Waals surface area contributed by atoms with Gasteiger partial charge in [-0.05, 0) is 40.0 Å². The smallest absolute Gasteiger partial charge is 0.410 e. The van der Waals surface area contributed by atoms with Crippen molar-refractivity contribution in [3.05, 3.63) is 0 Å². The average Bonchev–Trinajstić information content (AvgIpc) is 2.75. The van der Waals surface area contributed by atoms with Gasteiger partial charge in [0.05, 0.1) is 12.2 Å². The zero-order valence-electron chi connectivity index (χ0n) is 12.1. The molecule has 2 rings (SSSR count). The lowest BCUT2D eigenvalue weighted by molar-refractivity contribution is -0.0671. The molecular weight excluding hydrogens is 246 g/mol. The van der Waals surface area contributed by atoms with Crippen molar-refractivity contribution in [3.63, 3.8) is 0 Å². The first-order valence-corrected chi connectivity index (χ1v) is 7.13. The topological polar surface area (TPSA) is 59.0 Å². The maximum Gasteiger partial charge on any atom is 0.410 e. The Labute approximate surface area is 114 Å². The summed E-state index contributed by atoms with van der Waals surface area (Å²) in [6, 6.07) is 0. The van der Waals surface area contributed by atoms with E-state index in [1.807, 2.05) is 20.8 Å². The number of nitrogens with zero attached hydrogens (tertiary/aromatic N) is 1. The van der Waals surface area contributed by atoms with Crippen LogP contribution in [0.3, 0.4) is 0 Å². The molecule has 0 aromatic heterocycles. The minimum absolute atomic E-state index is 0.0798. The molecule has 1 N–H and O–H groups in total. The zero-order valence-corrected chi connectivity index (χ0v) is 12.1. The van der Waals surface area contributed by atoms with E-state index in [-0.39, 0.29) is 18.3 Å². The Hall–Kier alpha value is -0.810. The number of likely N-dealkylation sites (tertiary alicyclic amines) is 1. The molecule has 2 aliphatic rings. The van der Waals surface area contributed by atoms with Crippen molar-refractivity contribution >= 4 is 6.09 Å². The summed E-state index contributed by atoms with van der Waals surface area (Å²) in [5.41, 5.74) is -0.452. The molecule has 0 aromatic carbocycles. The summed E-state index contributed by atoms with van der Waals surface area (Å²) in [6.07, 6.45) is 1.92. The Morgan fingerprint density at radius 1 is 1.37 bits per heavy atom. The van der Waals surface area contributed by atoms with Gasteiger partial charge in [-0.25, -0.2) is 4.79 Å². The molecular formula is C14H25NO4. The molecule has 5 nitrogen and oxygen atoms in total. The number of hydrogen-bond acceptors (Lipinski definition) is 4. The van der Waals surface area contributed by atoms with Crippen LogP contribution < -0.4 is 0 Å². The number of ether oxygens (including phenoxy) is 2. The molecule has 1 amide bonds. The van der Waals surface area contributed by atoms with E-state index in [2.05, 4.69) is 0 Å². The molecule has 2 saturated heterocycles. The van der Waals surface area contributed by atoms with Crippen molar-refractivity contribution < 1.29 is 19.4 Å². The Morgan fingerprint density at radius 2 is 2.11 bits per heavy atom. The predicted octanol–water partition coefficient (Wildman–Crippen LogP) is 1.78. The zero-order chi connectivity index (χ0) is 14.0. The first-order valence-electron chi connectivity index (χ1n) is 7.13. The fraction of sp³-hybridized carbons (Fsp3) is 0.929. The number of aliphatic hydroxyl groups is 1. The summed E-state index contributed by atoms with van der Waals surface area (Å²) in [7, 11) is 0. The number of amides is 1. The minimum Gasteiger partial charge on any atom is -0.444 e. The first kappa shape index (κ1) is 14.6. The number of aliphatic hydroxyl groups excluding tert-OH is 1. The molecule has 2 aliphatic heterocycles. The molecule has 2 heterocycles. The van der Waals surface area contributed by atoms with E-state index in [0.717, 1.165) is 19.4 Å². The molecule has 110 valence electrons. The van der Waals surface area contributed by atoms with Crippen LogP contribution >= 0.6 is 0 Å². The number of rotatable bonds is 1. The molecule has 2 fully saturated rings. The molecule has 0 unspecified atom stereocenters. The predicted molar refractivity (Wildman–Crippen MR) is 70.9 cm³/mol. The largest absolute Gasteiger partial charge is 0.444 e. The van der Waals surface area contributed by atoms with Gasteiger partial charge in [0.15, 0.2) is 0 Å². The third-order valence-electron chi connectivity index (χ3n) is 3.69. The molecule has 0 radical (unpaired) electrons. The average molecular weight is 271 g/mol. The van der Waals surface area contributed by atoms with Crippen molar-refractivity contribution in [2.75, 3.05) is 19.7 Å². The van der Waals surface area contributed by atoms with E-state index in [1.165, 1.54) is 0 Å². The summed E-state index contributed by atoms with van der Waals surface area (Å²) in [5, 5.41) is 9.68. The van der Waals surface area contributed by atoms with E-state index >= 15 is 0 Å². The van der Waals surface area contributed by atoms with Crippen molar-refractivity contribution in [1.29, 1.82) is 0 Å². The van der Waals surface area contributed by atoms with Crippen LogP contribution in [0.4, 0.5) is 4.79 Å². The van der Waals surface area contributed by atoms with Crippen LogP contribution in [0.15, 0.2) is 0 Å². The Balaban J connectivity index is 1.84. The van der Waals surface area contributed by atoms with Gasteiger partial charge in [0.2, 0.25) is 0 Å². The van der Waals surface area contributed by atoms with Crippen LogP contribution in [0.25, 0.3) is 0 Å². The van der Waals surface area contributed by atoms with Crippen LogP contribution in [0.2, 0.25) is 0 Å². The second-order valence-electron chi connectivity index (χ2n) is 6.56. The highest BCUT2D eigenvalue weighted by Gasteiger charge is 2.36. The van der Waals surface area contributed by atoms with Gasteiger partial charge in [-0.3, -0.25) is 0 Å². The molecule has 0 bridgehead atoms. The molecule has 5 heteroatoms. The lowest BCUT2D eigenvalue weighted by Crippen LogP contribution is -2.38. The number of carbonyl (C=O) groups excluding carboxylic acids is 1. The Kier molecular flexibility index (Phi) is 4.36. The third kappa shape index (κ3) is 4.08. The maximum atomic E-state index is 12.0. The van der Waals surface area contributed by atoms with Crippen molar-refractivity contribution in [2.45, 2.75) is 57.8 Å². The third-order valence-corrected chi connectivity index (χ3v) is 3.69. The minimum atomic E-state index is -0.452. The highest BCUT2D eigenvalue weighted by atomic mass is 16.6. The summed E-state index contributed by atoms with van der Waals surface area (Å²) in [6.45, 7) is 7.63. The molecule has 19 heavy (non-hydrogen) atoms. The van der Waals surface area contributed by atoms with Gasteiger partial charge in [-0.15, -0.1) is 0 Å². The lowest BCUT2D eigenvalue weighted by Gasteiger charge is -2.31. The van der Waals surface area contributed by atoms with Crippen LogP contribution in [-0.4, -0.2) is 53.6 Å². The monoisotopic (exact) mass is 271 g/mol. The van der Waals surface area contributed by atoms with Crippen molar-refractivity contribution in [1.82, 2.24) is 4.90 Å². The second kappa shape index (κ2) is 5.67. The molecule has 0 aliphatic carbocycles. The summed E-state index contributed by atoms with van der Waals surface area (Å²) >= 11 is 0. The van der Waals surface area contributed by atoms with Crippen LogP contribution in [0.5, 0.6) is 0 Å².